The maximum absolute atomic E-state index is 12.7. The molecule has 0 aromatic heterocycles. The van der Waals surface area contributed by atoms with Crippen LogP contribution < -0.4 is 15.4 Å². The Bertz CT molecular complexity index is 1140. The fourth-order valence-corrected chi connectivity index (χ4v) is 3.71. The Hall–Kier alpha value is -3.56. The quantitative estimate of drug-likeness (QED) is 0.383. The fourth-order valence-electron chi connectivity index (χ4n) is 3.10. The second-order valence-electron chi connectivity index (χ2n) is 6.93. The van der Waals surface area contributed by atoms with Crippen molar-refractivity contribution < 1.29 is 29.0 Å². The van der Waals surface area contributed by atoms with E-state index in [2.05, 4.69) is 10.6 Å². The number of rotatable bonds is 8. The Labute approximate surface area is 198 Å². The lowest BCUT2D eigenvalue weighted by Gasteiger charge is -2.13. The molecule has 3 N–H and O–H groups in total. The number of benzene rings is 2. The van der Waals surface area contributed by atoms with Gasteiger partial charge in [-0.25, -0.2) is 14.5 Å². The zero-order chi connectivity index (χ0) is 24.1. The van der Waals surface area contributed by atoms with Crippen LogP contribution in [0.5, 0.6) is 5.75 Å². The summed E-state index contributed by atoms with van der Waals surface area (Å²) >= 11 is 12.2. The van der Waals surface area contributed by atoms with E-state index in [0.29, 0.717) is 17.7 Å². The van der Waals surface area contributed by atoms with Gasteiger partial charge < -0.3 is 20.5 Å². The van der Waals surface area contributed by atoms with Crippen molar-refractivity contribution in [2.24, 2.45) is 0 Å². The van der Waals surface area contributed by atoms with Crippen molar-refractivity contribution in [1.82, 2.24) is 10.2 Å². The lowest BCUT2D eigenvalue weighted by Crippen LogP contribution is -2.38. The molecule has 9 nitrogen and oxygen atoms in total. The van der Waals surface area contributed by atoms with Crippen LogP contribution in [0.3, 0.4) is 0 Å². The molecule has 2 aromatic rings. The van der Waals surface area contributed by atoms with Crippen LogP contribution in [0, 0.1) is 0 Å². The fraction of sp³-hybridized carbons (Fsp3) is 0.182. The molecule has 11 heteroatoms. The van der Waals surface area contributed by atoms with Gasteiger partial charge in [-0.3, -0.25) is 9.59 Å². The van der Waals surface area contributed by atoms with E-state index in [4.69, 9.17) is 33.0 Å². The Kier molecular flexibility index (Phi) is 7.57. The first-order valence-corrected chi connectivity index (χ1v) is 10.5. The number of urea groups is 1. The first-order chi connectivity index (χ1) is 15.7. The van der Waals surface area contributed by atoms with E-state index in [0.717, 1.165) is 10.5 Å². The number of nitrogens with one attached hydrogen (secondary N) is 2. The van der Waals surface area contributed by atoms with Crippen LogP contribution in [0.1, 0.15) is 18.1 Å². The number of ether oxygens (including phenoxy) is 1. The zero-order valence-electron chi connectivity index (χ0n) is 17.4. The summed E-state index contributed by atoms with van der Waals surface area (Å²) in [5.41, 5.74) is 1.82. The van der Waals surface area contributed by atoms with Gasteiger partial charge in [0.15, 0.2) is 12.4 Å². The molecular weight excluding hydrogens is 473 g/mol. The summed E-state index contributed by atoms with van der Waals surface area (Å²) in [6.45, 7) is 0.848. The van der Waals surface area contributed by atoms with Gasteiger partial charge in [-0.2, -0.15) is 0 Å². The topological polar surface area (TPSA) is 125 Å². The lowest BCUT2D eigenvalue weighted by atomic mass is 10.1. The van der Waals surface area contributed by atoms with Gasteiger partial charge in [-0.05, 0) is 41.8 Å². The second kappa shape index (κ2) is 10.4. The molecule has 2 aromatic carbocycles. The molecule has 1 heterocycles. The number of hydrogen-bond acceptors (Lipinski definition) is 5. The number of hydrogen-bond donors (Lipinski definition) is 3. The summed E-state index contributed by atoms with van der Waals surface area (Å²) in [7, 11) is 0. The number of anilines is 1. The van der Waals surface area contributed by atoms with Crippen molar-refractivity contribution in [2.45, 2.75) is 13.3 Å². The van der Waals surface area contributed by atoms with Crippen LogP contribution in [0.4, 0.5) is 10.5 Å². The predicted molar refractivity (Wildman–Crippen MR) is 122 cm³/mol. The Morgan fingerprint density at radius 1 is 1.18 bits per heavy atom. The molecule has 0 atom stereocenters. The number of halogens is 2. The van der Waals surface area contributed by atoms with Crippen LogP contribution in [-0.2, 0) is 20.8 Å². The molecule has 0 radical (unpaired) electrons. The zero-order valence-corrected chi connectivity index (χ0v) is 18.9. The Morgan fingerprint density at radius 3 is 2.48 bits per heavy atom. The molecule has 3 rings (SSSR count). The number of aliphatic carboxylic acids is 1. The molecule has 0 saturated carbocycles. The maximum Gasteiger partial charge on any atom is 0.341 e. The van der Waals surface area contributed by atoms with E-state index in [-0.39, 0.29) is 21.5 Å². The molecule has 0 spiro atoms. The van der Waals surface area contributed by atoms with E-state index in [1.54, 1.807) is 12.1 Å². The standard InChI is InChI=1S/C22H19Cl2N3O6/c1-2-13-5-3-4-6-16(13)25-18(28)10-27-21(31)17(26-22(27)32)9-12-7-14(23)20(15(24)8-12)33-11-19(29)30/h3-9H,2,10-11H2,1H3,(H,25,28)(H,26,32)(H,29,30)/b17-9+. The normalized spacial score (nSPS) is 14.4. The smallest absolute Gasteiger partial charge is 0.341 e. The average Bonchev–Trinajstić information content (AvgIpc) is 3.00. The average molecular weight is 492 g/mol. The third-order valence-electron chi connectivity index (χ3n) is 4.61. The summed E-state index contributed by atoms with van der Waals surface area (Å²) in [5.74, 6) is -2.44. The summed E-state index contributed by atoms with van der Waals surface area (Å²) in [4.78, 5) is 48.8. The summed E-state index contributed by atoms with van der Waals surface area (Å²) < 4.78 is 5.04. The number of imide groups is 1. The van der Waals surface area contributed by atoms with Crippen molar-refractivity contribution in [3.63, 3.8) is 0 Å². The third kappa shape index (κ3) is 5.82. The minimum Gasteiger partial charge on any atom is -0.479 e. The van der Waals surface area contributed by atoms with Gasteiger partial charge in [0.2, 0.25) is 5.91 Å². The number of carboxylic acids is 1. The van der Waals surface area contributed by atoms with Crippen molar-refractivity contribution in [3.05, 3.63) is 63.3 Å². The van der Waals surface area contributed by atoms with Gasteiger partial charge in [0, 0.05) is 5.69 Å². The predicted octanol–water partition coefficient (Wildman–Crippen LogP) is 3.55. The maximum atomic E-state index is 12.7. The number of para-hydroxylation sites is 1. The van der Waals surface area contributed by atoms with Crippen LogP contribution in [0.25, 0.3) is 6.08 Å². The molecule has 1 aliphatic heterocycles. The molecule has 0 bridgehead atoms. The van der Waals surface area contributed by atoms with Crippen molar-refractivity contribution >= 4 is 58.8 Å². The number of amides is 4. The van der Waals surface area contributed by atoms with Crippen LogP contribution in [0.15, 0.2) is 42.1 Å². The van der Waals surface area contributed by atoms with Gasteiger partial charge in [-0.15, -0.1) is 0 Å². The van der Waals surface area contributed by atoms with Crippen molar-refractivity contribution in [2.75, 3.05) is 18.5 Å². The highest BCUT2D eigenvalue weighted by atomic mass is 35.5. The van der Waals surface area contributed by atoms with E-state index < -0.39 is 37.0 Å². The SMILES string of the molecule is CCc1ccccc1NC(=O)CN1C(=O)N/C(=C/c2cc(Cl)c(OCC(=O)O)c(Cl)c2)C1=O. The first-order valence-electron chi connectivity index (χ1n) is 9.75. The number of nitrogens with zero attached hydrogens (tertiary/aromatic N) is 1. The highest BCUT2D eigenvalue weighted by Crippen LogP contribution is 2.35. The Balaban J connectivity index is 1.73. The molecule has 1 fully saturated rings. The van der Waals surface area contributed by atoms with E-state index in [9.17, 15) is 19.2 Å². The highest BCUT2D eigenvalue weighted by Gasteiger charge is 2.35. The molecule has 172 valence electrons. The summed E-state index contributed by atoms with van der Waals surface area (Å²) in [6, 6.07) is 9.29. The number of carboxylic acid groups (broad SMARTS) is 1. The third-order valence-corrected chi connectivity index (χ3v) is 5.17. The molecule has 1 saturated heterocycles. The summed E-state index contributed by atoms with van der Waals surface area (Å²) in [6.07, 6.45) is 2.04. The van der Waals surface area contributed by atoms with Gasteiger partial charge in [0.25, 0.3) is 5.91 Å². The second-order valence-corrected chi connectivity index (χ2v) is 7.75. The first kappa shape index (κ1) is 24.1. The number of aryl methyl sites for hydroxylation is 1. The molecule has 1 aliphatic rings. The van der Waals surface area contributed by atoms with Gasteiger partial charge in [0.1, 0.15) is 12.2 Å². The molecule has 33 heavy (non-hydrogen) atoms. The van der Waals surface area contributed by atoms with Gasteiger partial charge in [0.05, 0.1) is 10.0 Å². The number of carbonyl (C=O) groups excluding carboxylic acids is 3. The van der Waals surface area contributed by atoms with Crippen LogP contribution in [-0.4, -0.2) is 47.0 Å². The molecule has 0 unspecified atom stereocenters. The van der Waals surface area contributed by atoms with Gasteiger partial charge in [-0.1, -0.05) is 48.3 Å². The minimum atomic E-state index is -1.20. The van der Waals surface area contributed by atoms with E-state index >= 15 is 0 Å². The molecule has 4 amide bonds. The monoisotopic (exact) mass is 491 g/mol. The van der Waals surface area contributed by atoms with Crippen LogP contribution >= 0.6 is 23.2 Å². The molecular formula is C22H19Cl2N3O6. The Morgan fingerprint density at radius 2 is 1.85 bits per heavy atom. The largest absolute Gasteiger partial charge is 0.479 e. The summed E-state index contributed by atoms with van der Waals surface area (Å²) in [5, 5.41) is 13.9. The number of carbonyl (C=O) groups is 4. The van der Waals surface area contributed by atoms with E-state index in [1.807, 2.05) is 19.1 Å². The van der Waals surface area contributed by atoms with Crippen molar-refractivity contribution in [3.8, 4) is 5.75 Å². The lowest BCUT2D eigenvalue weighted by molar-refractivity contribution is -0.139. The highest BCUT2D eigenvalue weighted by molar-refractivity contribution is 6.37. The molecule has 0 aliphatic carbocycles. The minimum absolute atomic E-state index is 0.0182. The van der Waals surface area contributed by atoms with Crippen molar-refractivity contribution in [1.29, 1.82) is 0 Å². The van der Waals surface area contributed by atoms with E-state index in [1.165, 1.54) is 18.2 Å². The van der Waals surface area contributed by atoms with Crippen LogP contribution in [0.2, 0.25) is 10.0 Å². The van der Waals surface area contributed by atoms with Gasteiger partial charge >= 0.3 is 12.0 Å².